The van der Waals surface area contributed by atoms with E-state index in [1.54, 1.807) is 4.90 Å². The number of halogens is 2. The number of hydrogen-bond acceptors (Lipinski definition) is 2. The van der Waals surface area contributed by atoms with Crippen LogP contribution in [0.15, 0.2) is 30.9 Å². The van der Waals surface area contributed by atoms with E-state index in [0.717, 1.165) is 6.07 Å². The molecule has 4 nitrogen and oxygen atoms in total. The molecule has 1 aliphatic heterocycles. The van der Waals surface area contributed by atoms with Crippen LogP contribution in [0.3, 0.4) is 0 Å². The van der Waals surface area contributed by atoms with E-state index in [9.17, 15) is 18.4 Å². The molecule has 1 saturated heterocycles. The summed E-state index contributed by atoms with van der Waals surface area (Å²) in [6.07, 6.45) is 2.41. The molecule has 118 valence electrons. The van der Waals surface area contributed by atoms with Crippen molar-refractivity contribution < 1.29 is 18.4 Å². The first-order valence-corrected chi connectivity index (χ1v) is 7.13. The van der Waals surface area contributed by atoms with Crippen LogP contribution >= 0.6 is 0 Å². The third kappa shape index (κ3) is 4.13. The zero-order valence-electron chi connectivity index (χ0n) is 12.1. The number of rotatable bonds is 4. The van der Waals surface area contributed by atoms with E-state index in [2.05, 4.69) is 11.9 Å². The minimum atomic E-state index is -0.666. The molecule has 1 aliphatic rings. The molecule has 0 saturated carbocycles. The molecule has 1 aromatic rings. The SMILES string of the molecule is C=CC(=O)N1CCC(C(=O)NCc2cc(F)cc(F)c2)CC1. The highest BCUT2D eigenvalue weighted by Gasteiger charge is 2.26. The molecule has 1 N–H and O–H groups in total. The summed E-state index contributed by atoms with van der Waals surface area (Å²) in [5, 5.41) is 2.69. The summed E-state index contributed by atoms with van der Waals surface area (Å²) in [6.45, 7) is 4.54. The number of carbonyl (C=O) groups excluding carboxylic acids is 2. The highest BCUT2D eigenvalue weighted by Crippen LogP contribution is 2.18. The maximum atomic E-state index is 13.1. The zero-order valence-corrected chi connectivity index (χ0v) is 12.1. The van der Waals surface area contributed by atoms with Crippen molar-refractivity contribution in [2.45, 2.75) is 19.4 Å². The van der Waals surface area contributed by atoms with Crippen LogP contribution in [0, 0.1) is 17.6 Å². The first-order chi connectivity index (χ1) is 10.5. The minimum Gasteiger partial charge on any atom is -0.352 e. The van der Waals surface area contributed by atoms with Crippen LogP contribution in [0.5, 0.6) is 0 Å². The highest BCUT2D eigenvalue weighted by atomic mass is 19.1. The van der Waals surface area contributed by atoms with Gasteiger partial charge in [-0.25, -0.2) is 8.78 Å². The van der Waals surface area contributed by atoms with Gasteiger partial charge in [-0.3, -0.25) is 9.59 Å². The van der Waals surface area contributed by atoms with Crippen LogP contribution in [0.1, 0.15) is 18.4 Å². The first kappa shape index (κ1) is 16.1. The van der Waals surface area contributed by atoms with E-state index >= 15 is 0 Å². The number of nitrogens with zero attached hydrogens (tertiary/aromatic N) is 1. The second-order valence-electron chi connectivity index (χ2n) is 5.30. The summed E-state index contributed by atoms with van der Waals surface area (Å²) in [7, 11) is 0. The van der Waals surface area contributed by atoms with Gasteiger partial charge < -0.3 is 10.2 Å². The summed E-state index contributed by atoms with van der Waals surface area (Å²) in [6, 6.07) is 3.17. The van der Waals surface area contributed by atoms with E-state index in [4.69, 9.17) is 0 Å². The van der Waals surface area contributed by atoms with Crippen molar-refractivity contribution in [2.24, 2.45) is 5.92 Å². The number of carbonyl (C=O) groups is 2. The van der Waals surface area contributed by atoms with E-state index in [1.807, 2.05) is 0 Å². The lowest BCUT2D eigenvalue weighted by Gasteiger charge is -2.30. The van der Waals surface area contributed by atoms with Gasteiger partial charge in [0.1, 0.15) is 11.6 Å². The average molecular weight is 308 g/mol. The van der Waals surface area contributed by atoms with Gasteiger partial charge >= 0.3 is 0 Å². The minimum absolute atomic E-state index is 0.0827. The molecule has 22 heavy (non-hydrogen) atoms. The molecule has 0 aromatic heterocycles. The first-order valence-electron chi connectivity index (χ1n) is 7.13. The fourth-order valence-corrected chi connectivity index (χ4v) is 2.54. The molecule has 0 atom stereocenters. The van der Waals surface area contributed by atoms with Crippen LogP contribution in [-0.2, 0) is 16.1 Å². The molecule has 0 radical (unpaired) electrons. The van der Waals surface area contributed by atoms with E-state index in [0.29, 0.717) is 31.5 Å². The summed E-state index contributed by atoms with van der Waals surface area (Å²) in [5.74, 6) is -1.81. The largest absolute Gasteiger partial charge is 0.352 e. The Morgan fingerprint density at radius 1 is 1.23 bits per heavy atom. The number of likely N-dealkylation sites (tertiary alicyclic amines) is 1. The van der Waals surface area contributed by atoms with Crippen molar-refractivity contribution in [3.8, 4) is 0 Å². The Kier molecular flexibility index (Phi) is 5.25. The third-order valence-corrected chi connectivity index (χ3v) is 3.74. The fraction of sp³-hybridized carbons (Fsp3) is 0.375. The molecule has 1 heterocycles. The number of amides is 2. The van der Waals surface area contributed by atoms with Gasteiger partial charge in [-0.2, -0.15) is 0 Å². The maximum absolute atomic E-state index is 13.1. The Balaban J connectivity index is 1.83. The van der Waals surface area contributed by atoms with E-state index in [-0.39, 0.29) is 24.3 Å². The zero-order chi connectivity index (χ0) is 16.1. The predicted molar refractivity (Wildman–Crippen MR) is 77.7 cm³/mol. The van der Waals surface area contributed by atoms with E-state index in [1.165, 1.54) is 18.2 Å². The molecule has 1 aromatic carbocycles. The lowest BCUT2D eigenvalue weighted by molar-refractivity contribution is -0.132. The summed E-state index contributed by atoms with van der Waals surface area (Å²) in [5.41, 5.74) is 0.380. The maximum Gasteiger partial charge on any atom is 0.245 e. The highest BCUT2D eigenvalue weighted by molar-refractivity contribution is 5.87. The van der Waals surface area contributed by atoms with Crippen molar-refractivity contribution in [3.05, 3.63) is 48.1 Å². The van der Waals surface area contributed by atoms with E-state index < -0.39 is 11.6 Å². The van der Waals surface area contributed by atoms with Gasteiger partial charge in [-0.1, -0.05) is 6.58 Å². The predicted octanol–water partition coefficient (Wildman–Crippen LogP) is 2.01. The molecule has 0 bridgehead atoms. The standard InChI is InChI=1S/C16H18F2N2O2/c1-2-15(21)20-5-3-12(4-6-20)16(22)19-10-11-7-13(17)9-14(18)8-11/h2,7-9,12H,1,3-6,10H2,(H,19,22). The quantitative estimate of drug-likeness (QED) is 0.865. The Bertz CT molecular complexity index is 561. The molecule has 0 unspecified atom stereocenters. The van der Waals surface area contributed by atoms with Gasteiger partial charge in [-0.05, 0) is 36.6 Å². The van der Waals surface area contributed by atoms with Crippen molar-refractivity contribution in [3.63, 3.8) is 0 Å². The third-order valence-electron chi connectivity index (χ3n) is 3.74. The Morgan fingerprint density at radius 3 is 2.36 bits per heavy atom. The van der Waals surface area contributed by atoms with Crippen LogP contribution < -0.4 is 5.32 Å². The van der Waals surface area contributed by atoms with Gasteiger partial charge in [-0.15, -0.1) is 0 Å². The molecule has 0 spiro atoms. The van der Waals surface area contributed by atoms with Crippen LogP contribution in [0.25, 0.3) is 0 Å². The molecule has 0 aliphatic carbocycles. The van der Waals surface area contributed by atoms with Gasteiger partial charge in [0.05, 0.1) is 0 Å². The Morgan fingerprint density at radius 2 is 1.82 bits per heavy atom. The molecule has 1 fully saturated rings. The monoisotopic (exact) mass is 308 g/mol. The molecule has 2 rings (SSSR count). The fourth-order valence-electron chi connectivity index (χ4n) is 2.54. The van der Waals surface area contributed by atoms with Crippen molar-refractivity contribution >= 4 is 11.8 Å². The number of nitrogens with one attached hydrogen (secondary N) is 1. The Hall–Kier alpha value is -2.24. The summed E-state index contributed by atoms with van der Waals surface area (Å²) < 4.78 is 26.1. The molecular weight excluding hydrogens is 290 g/mol. The van der Waals surface area contributed by atoms with Gasteiger partial charge in [0, 0.05) is 31.6 Å². The average Bonchev–Trinajstić information content (AvgIpc) is 2.51. The number of hydrogen-bond donors (Lipinski definition) is 1. The number of piperidine rings is 1. The van der Waals surface area contributed by atoms with Crippen molar-refractivity contribution in [1.29, 1.82) is 0 Å². The lowest BCUT2D eigenvalue weighted by Crippen LogP contribution is -2.42. The molecule has 2 amide bonds. The topological polar surface area (TPSA) is 49.4 Å². The van der Waals surface area contributed by atoms with Gasteiger partial charge in [0.15, 0.2) is 0 Å². The second-order valence-corrected chi connectivity index (χ2v) is 5.30. The van der Waals surface area contributed by atoms with Gasteiger partial charge in [0.2, 0.25) is 11.8 Å². The second kappa shape index (κ2) is 7.15. The molecule has 6 heteroatoms. The smallest absolute Gasteiger partial charge is 0.245 e. The number of benzene rings is 1. The van der Waals surface area contributed by atoms with Crippen LogP contribution in [-0.4, -0.2) is 29.8 Å². The normalized spacial score (nSPS) is 15.5. The van der Waals surface area contributed by atoms with Crippen molar-refractivity contribution in [2.75, 3.05) is 13.1 Å². The lowest BCUT2D eigenvalue weighted by atomic mass is 9.95. The summed E-state index contributed by atoms with van der Waals surface area (Å²) in [4.78, 5) is 25.2. The van der Waals surface area contributed by atoms with Gasteiger partial charge in [0.25, 0.3) is 0 Å². The van der Waals surface area contributed by atoms with Crippen LogP contribution in [0.2, 0.25) is 0 Å². The summed E-state index contributed by atoms with van der Waals surface area (Å²) >= 11 is 0. The van der Waals surface area contributed by atoms with Crippen molar-refractivity contribution in [1.82, 2.24) is 10.2 Å². The Labute approximate surface area is 127 Å². The van der Waals surface area contributed by atoms with Crippen LogP contribution in [0.4, 0.5) is 8.78 Å². The molecular formula is C16H18F2N2O2.